The fourth-order valence-corrected chi connectivity index (χ4v) is 5.13. The van der Waals surface area contributed by atoms with Crippen LogP contribution < -0.4 is 25.6 Å². The van der Waals surface area contributed by atoms with Crippen molar-refractivity contribution in [1.82, 2.24) is 29.8 Å². The van der Waals surface area contributed by atoms with Gasteiger partial charge in [-0.1, -0.05) is 0 Å². The van der Waals surface area contributed by atoms with Crippen LogP contribution in [0.1, 0.15) is 13.3 Å². The number of hydrogen-bond donors (Lipinski definition) is 3. The summed E-state index contributed by atoms with van der Waals surface area (Å²) in [6.45, 7) is 5.53. The minimum atomic E-state index is -0.355. The number of H-pyrrole nitrogens is 1. The number of nitrogens with two attached hydrogens (primary N) is 1. The molecule has 1 atom stereocenters. The third-order valence-electron chi connectivity index (χ3n) is 7.11. The third-order valence-corrected chi connectivity index (χ3v) is 7.11. The molecule has 2 fully saturated rings. The normalized spacial score (nSPS) is 18.0. The van der Waals surface area contributed by atoms with E-state index in [4.69, 9.17) is 15.5 Å². The lowest BCUT2D eigenvalue weighted by atomic mass is 10.1. The van der Waals surface area contributed by atoms with Gasteiger partial charge >= 0.3 is 6.01 Å². The van der Waals surface area contributed by atoms with E-state index in [1.807, 2.05) is 9.80 Å². The molecule has 0 unspecified atom stereocenters. The van der Waals surface area contributed by atoms with Crippen molar-refractivity contribution in [2.75, 3.05) is 61.4 Å². The Kier molecular flexibility index (Phi) is 6.06. The molecule has 13 heteroatoms. The van der Waals surface area contributed by atoms with Gasteiger partial charge in [0.25, 0.3) is 0 Å². The van der Waals surface area contributed by atoms with Gasteiger partial charge in [0.1, 0.15) is 17.3 Å². The molecule has 1 amide bonds. The summed E-state index contributed by atoms with van der Waals surface area (Å²) in [6, 6.07) is 3.07. The Balaban J connectivity index is 1.32. The molecule has 0 radical (unpaired) electrons. The van der Waals surface area contributed by atoms with Crippen molar-refractivity contribution in [3.8, 4) is 11.8 Å². The number of benzene rings is 1. The molecule has 0 spiro atoms. The summed E-state index contributed by atoms with van der Waals surface area (Å²) in [7, 11) is 1.74. The Morgan fingerprint density at radius 3 is 2.55 bits per heavy atom. The van der Waals surface area contributed by atoms with E-state index in [0.717, 1.165) is 18.5 Å². The number of fused-ring (bicyclic) bond motifs is 3. The minimum absolute atomic E-state index is 0.0254. The van der Waals surface area contributed by atoms with E-state index < -0.39 is 0 Å². The molecule has 2 aliphatic heterocycles. The number of anilines is 3. The first kappa shape index (κ1) is 24.1. The maximum Gasteiger partial charge on any atom is 0.326 e. The second kappa shape index (κ2) is 9.56. The van der Waals surface area contributed by atoms with Gasteiger partial charge in [0.05, 0.1) is 29.0 Å². The van der Waals surface area contributed by atoms with Crippen LogP contribution in [0.2, 0.25) is 0 Å². The summed E-state index contributed by atoms with van der Waals surface area (Å²) >= 11 is 0. The number of carbonyl (C=O) groups excluding carboxylic acids is 1. The highest BCUT2D eigenvalue weighted by molar-refractivity contribution is 6.14. The molecule has 12 nitrogen and oxygen atoms in total. The van der Waals surface area contributed by atoms with Crippen molar-refractivity contribution in [2.24, 2.45) is 5.73 Å². The van der Waals surface area contributed by atoms with Crippen LogP contribution in [0.3, 0.4) is 0 Å². The number of aromatic amines is 1. The van der Waals surface area contributed by atoms with Crippen LogP contribution in [0, 0.1) is 5.82 Å². The number of hydrogen-bond acceptors (Lipinski definition) is 10. The monoisotopic (exact) mass is 520 g/mol. The highest BCUT2D eigenvalue weighted by atomic mass is 19.1. The summed E-state index contributed by atoms with van der Waals surface area (Å²) in [5.74, 6) is 1.31. The van der Waals surface area contributed by atoms with Crippen molar-refractivity contribution >= 4 is 45.3 Å². The van der Waals surface area contributed by atoms with Crippen molar-refractivity contribution in [3.05, 3.63) is 30.3 Å². The van der Waals surface area contributed by atoms with E-state index in [-0.39, 0.29) is 23.8 Å². The van der Waals surface area contributed by atoms with Crippen molar-refractivity contribution < 1.29 is 13.9 Å². The van der Waals surface area contributed by atoms with Crippen molar-refractivity contribution in [3.63, 3.8) is 0 Å². The van der Waals surface area contributed by atoms with Gasteiger partial charge in [-0.05, 0) is 18.6 Å². The fourth-order valence-electron chi connectivity index (χ4n) is 5.13. The maximum absolute atomic E-state index is 14.5. The highest BCUT2D eigenvalue weighted by Gasteiger charge is 2.26. The summed E-state index contributed by atoms with van der Waals surface area (Å²) in [5, 5.41) is 4.44. The minimum Gasteiger partial charge on any atom is -0.421 e. The van der Waals surface area contributed by atoms with Gasteiger partial charge in [-0.3, -0.25) is 4.79 Å². The topological polar surface area (TPSA) is 141 Å². The summed E-state index contributed by atoms with van der Waals surface area (Å²) in [5.41, 5.74) is 8.08. The molecule has 198 valence electrons. The molecular weight excluding hydrogens is 491 g/mol. The number of nitrogens with zero attached hydrogens (tertiary/aromatic N) is 7. The smallest absolute Gasteiger partial charge is 0.326 e. The molecule has 0 saturated carbocycles. The van der Waals surface area contributed by atoms with Crippen molar-refractivity contribution in [2.45, 2.75) is 19.4 Å². The van der Waals surface area contributed by atoms with Crippen LogP contribution in [0.15, 0.2) is 24.5 Å². The van der Waals surface area contributed by atoms with E-state index in [1.165, 1.54) is 12.1 Å². The molecule has 2 saturated heterocycles. The zero-order valence-electron chi connectivity index (χ0n) is 21.2. The van der Waals surface area contributed by atoms with Gasteiger partial charge in [0.15, 0.2) is 5.75 Å². The molecule has 5 heterocycles. The first-order valence-electron chi connectivity index (χ1n) is 12.6. The third kappa shape index (κ3) is 4.38. The lowest BCUT2D eigenvalue weighted by molar-refractivity contribution is -0.129. The van der Waals surface area contributed by atoms with Crippen molar-refractivity contribution in [1.29, 1.82) is 0 Å². The van der Waals surface area contributed by atoms with Crippen LogP contribution in [0.25, 0.3) is 21.9 Å². The van der Waals surface area contributed by atoms with Crippen LogP contribution >= 0.6 is 0 Å². The molecule has 4 N–H and O–H groups in total. The Morgan fingerprint density at radius 1 is 1.13 bits per heavy atom. The second-order valence-corrected chi connectivity index (χ2v) is 9.61. The number of ether oxygens (including phenoxy) is 1. The molecule has 3 aromatic heterocycles. The standard InChI is InChI=1S/C25H29FN10O2/c1-14(37)34-5-7-35(8-6-34)24-29-11-17(12-30-24)38-25-32-22-20(23(33-25)36-4-3-16(27)13-36)18-9-15(26)10-19(28-2)21(18)31-22/h9-12,16,28H,3-8,13,27H2,1-2H3,(H,31,32,33)/t16-/m0/s1. The highest BCUT2D eigenvalue weighted by Crippen LogP contribution is 2.38. The molecule has 0 bridgehead atoms. The summed E-state index contributed by atoms with van der Waals surface area (Å²) in [4.78, 5) is 39.0. The van der Waals surface area contributed by atoms with Crippen LogP contribution in [0.4, 0.5) is 21.8 Å². The number of carbonyl (C=O) groups is 1. The Bertz CT molecular complexity index is 1500. The lowest BCUT2D eigenvalue weighted by Gasteiger charge is -2.34. The number of rotatable bonds is 5. The quantitative estimate of drug-likeness (QED) is 0.358. The number of amides is 1. The van der Waals surface area contributed by atoms with Gasteiger partial charge in [-0.2, -0.15) is 9.97 Å². The van der Waals surface area contributed by atoms with E-state index in [0.29, 0.717) is 72.3 Å². The van der Waals surface area contributed by atoms with Crippen LogP contribution in [0.5, 0.6) is 11.8 Å². The summed E-state index contributed by atoms with van der Waals surface area (Å²) < 4.78 is 20.5. The molecule has 2 aliphatic rings. The SMILES string of the molecule is CNc1cc(F)cc2c1[nH]c1nc(Oc3cnc(N4CCN(C(C)=O)CC4)nc3)nc(N3CC[C@H](N)C3)c12. The fraction of sp³-hybridized carbons (Fsp3) is 0.400. The molecule has 38 heavy (non-hydrogen) atoms. The maximum atomic E-state index is 14.5. The van der Waals surface area contributed by atoms with E-state index in [2.05, 4.69) is 30.2 Å². The Morgan fingerprint density at radius 2 is 1.89 bits per heavy atom. The number of aromatic nitrogens is 5. The number of halogens is 1. The van der Waals surface area contributed by atoms with Crippen LogP contribution in [-0.4, -0.2) is 88.1 Å². The van der Waals surface area contributed by atoms with E-state index in [9.17, 15) is 9.18 Å². The van der Waals surface area contributed by atoms with Gasteiger partial charge < -0.3 is 35.5 Å². The summed E-state index contributed by atoms with van der Waals surface area (Å²) in [6.07, 6.45) is 3.99. The average molecular weight is 521 g/mol. The Hall–Kier alpha value is -4.26. The predicted molar refractivity (Wildman–Crippen MR) is 142 cm³/mol. The lowest BCUT2D eigenvalue weighted by Crippen LogP contribution is -2.48. The number of piperazine rings is 1. The average Bonchev–Trinajstić information content (AvgIpc) is 3.51. The predicted octanol–water partition coefficient (Wildman–Crippen LogP) is 2.08. The zero-order valence-corrected chi connectivity index (χ0v) is 21.2. The first-order valence-corrected chi connectivity index (χ1v) is 12.6. The van der Waals surface area contributed by atoms with Gasteiger partial charge in [0.2, 0.25) is 11.9 Å². The molecule has 1 aromatic carbocycles. The Labute approximate surface area is 218 Å². The van der Waals surface area contributed by atoms with E-state index in [1.54, 1.807) is 26.4 Å². The van der Waals surface area contributed by atoms with Gasteiger partial charge in [-0.25, -0.2) is 14.4 Å². The second-order valence-electron chi connectivity index (χ2n) is 9.61. The number of nitrogens with one attached hydrogen (secondary N) is 2. The molecule has 6 rings (SSSR count). The zero-order chi connectivity index (χ0) is 26.4. The molecular formula is C25H29FN10O2. The van der Waals surface area contributed by atoms with Gasteiger partial charge in [-0.15, -0.1) is 0 Å². The molecule has 4 aromatic rings. The largest absolute Gasteiger partial charge is 0.421 e. The van der Waals surface area contributed by atoms with Crippen LogP contribution in [-0.2, 0) is 4.79 Å². The van der Waals surface area contributed by atoms with Gasteiger partial charge in [0, 0.05) is 64.7 Å². The van der Waals surface area contributed by atoms with E-state index >= 15 is 0 Å². The molecule has 0 aliphatic carbocycles. The first-order chi connectivity index (χ1) is 18.4.